The molecule has 1 N–H and O–H groups in total. The van der Waals surface area contributed by atoms with Gasteiger partial charge in [0.2, 0.25) is 0 Å². The monoisotopic (exact) mass is 315 g/mol. The molecule has 1 aliphatic heterocycles. The van der Waals surface area contributed by atoms with Crippen molar-refractivity contribution in [2.24, 2.45) is 0 Å². The number of aliphatic hydroxyl groups is 1. The van der Waals surface area contributed by atoms with Gasteiger partial charge in [-0.05, 0) is 43.5 Å². The van der Waals surface area contributed by atoms with E-state index in [1.165, 1.54) is 6.07 Å². The molecule has 0 bridgehead atoms. The second-order valence-electron chi connectivity index (χ2n) is 5.66. The number of aliphatic hydroxyl groups excluding tert-OH is 1. The van der Waals surface area contributed by atoms with Crippen molar-refractivity contribution in [3.63, 3.8) is 0 Å². The summed E-state index contributed by atoms with van der Waals surface area (Å²) in [4.78, 5) is 2.05. The minimum Gasteiger partial charge on any atom is -0.388 e. The average molecular weight is 315 g/mol. The third-order valence-corrected chi connectivity index (χ3v) is 5.66. The van der Waals surface area contributed by atoms with Gasteiger partial charge in [-0.15, -0.1) is 0 Å². The molecule has 1 aromatic rings. The molecule has 6 heteroatoms. The predicted molar refractivity (Wildman–Crippen MR) is 80.4 cm³/mol. The van der Waals surface area contributed by atoms with Crippen LogP contribution in [-0.4, -0.2) is 49.6 Å². The Morgan fingerprint density at radius 2 is 2.10 bits per heavy atom. The molecule has 1 fully saturated rings. The molecule has 0 spiro atoms. The van der Waals surface area contributed by atoms with Crippen molar-refractivity contribution >= 4 is 9.84 Å². The van der Waals surface area contributed by atoms with Crippen molar-refractivity contribution < 1.29 is 17.9 Å². The minimum atomic E-state index is -2.91. The Bertz CT molecular complexity index is 589. The van der Waals surface area contributed by atoms with Crippen molar-refractivity contribution in [1.29, 1.82) is 0 Å². The standard InChI is InChI=1S/C15H22FNO3S/c1-12-3-4-13(11-14(12)16)15(18)5-7-17-6-2-9-21(19,20)10-8-17/h3-4,11,15,18H,2,5-10H2,1H3. The van der Waals surface area contributed by atoms with E-state index in [9.17, 15) is 17.9 Å². The van der Waals surface area contributed by atoms with Crippen LogP contribution in [-0.2, 0) is 9.84 Å². The third-order valence-electron chi connectivity index (χ3n) is 3.95. The molecule has 0 saturated carbocycles. The Morgan fingerprint density at radius 3 is 2.81 bits per heavy atom. The van der Waals surface area contributed by atoms with Crippen LogP contribution in [0.2, 0.25) is 0 Å². The number of sulfone groups is 1. The topological polar surface area (TPSA) is 57.6 Å². The van der Waals surface area contributed by atoms with E-state index in [4.69, 9.17) is 0 Å². The van der Waals surface area contributed by atoms with Gasteiger partial charge in [0.15, 0.2) is 9.84 Å². The zero-order valence-corrected chi connectivity index (χ0v) is 13.1. The van der Waals surface area contributed by atoms with Crippen LogP contribution in [0.25, 0.3) is 0 Å². The highest BCUT2D eigenvalue weighted by molar-refractivity contribution is 7.91. The molecule has 4 nitrogen and oxygen atoms in total. The van der Waals surface area contributed by atoms with Crippen molar-refractivity contribution in [2.75, 3.05) is 31.1 Å². The minimum absolute atomic E-state index is 0.183. The van der Waals surface area contributed by atoms with Crippen LogP contribution in [0.4, 0.5) is 4.39 Å². The number of hydrogen-bond acceptors (Lipinski definition) is 4. The SMILES string of the molecule is Cc1ccc(C(O)CCN2CCCS(=O)(=O)CC2)cc1F. The van der Waals surface area contributed by atoms with Crippen LogP contribution in [0.1, 0.15) is 30.1 Å². The molecule has 1 saturated heterocycles. The maximum atomic E-state index is 13.5. The van der Waals surface area contributed by atoms with Gasteiger partial charge in [-0.2, -0.15) is 0 Å². The first kappa shape index (κ1) is 16.4. The molecule has 1 aromatic carbocycles. The summed E-state index contributed by atoms with van der Waals surface area (Å²) < 4.78 is 36.5. The van der Waals surface area contributed by atoms with E-state index in [2.05, 4.69) is 4.90 Å². The van der Waals surface area contributed by atoms with E-state index in [1.54, 1.807) is 19.1 Å². The van der Waals surface area contributed by atoms with E-state index in [0.29, 0.717) is 37.1 Å². The zero-order valence-electron chi connectivity index (χ0n) is 12.3. The molecule has 1 aliphatic rings. The first-order chi connectivity index (χ1) is 9.87. The summed E-state index contributed by atoms with van der Waals surface area (Å²) in [6.07, 6.45) is 0.389. The Morgan fingerprint density at radius 1 is 1.33 bits per heavy atom. The molecule has 0 aliphatic carbocycles. The van der Waals surface area contributed by atoms with Crippen LogP contribution < -0.4 is 0 Å². The maximum absolute atomic E-state index is 13.5. The quantitative estimate of drug-likeness (QED) is 0.918. The van der Waals surface area contributed by atoms with Crippen LogP contribution in [0.3, 0.4) is 0 Å². The lowest BCUT2D eigenvalue weighted by atomic mass is 10.0. The smallest absolute Gasteiger partial charge is 0.151 e. The largest absolute Gasteiger partial charge is 0.388 e. The number of halogens is 1. The third kappa shape index (κ3) is 4.76. The van der Waals surface area contributed by atoms with E-state index >= 15 is 0 Å². The van der Waals surface area contributed by atoms with Crippen LogP contribution in [0.5, 0.6) is 0 Å². The number of aryl methyl sites for hydroxylation is 1. The van der Waals surface area contributed by atoms with Gasteiger partial charge in [0.05, 0.1) is 17.6 Å². The molecular weight excluding hydrogens is 293 g/mol. The van der Waals surface area contributed by atoms with E-state index in [-0.39, 0.29) is 17.3 Å². The van der Waals surface area contributed by atoms with Crippen LogP contribution in [0, 0.1) is 12.7 Å². The second-order valence-corrected chi connectivity index (χ2v) is 7.96. The fourth-order valence-electron chi connectivity index (χ4n) is 2.50. The highest BCUT2D eigenvalue weighted by atomic mass is 32.2. The van der Waals surface area contributed by atoms with Gasteiger partial charge < -0.3 is 10.0 Å². The normalized spacial score (nSPS) is 20.9. The first-order valence-corrected chi connectivity index (χ1v) is 9.06. The predicted octanol–water partition coefficient (Wildman–Crippen LogP) is 1.68. The second kappa shape index (κ2) is 6.85. The lowest BCUT2D eigenvalue weighted by Crippen LogP contribution is -2.29. The molecule has 21 heavy (non-hydrogen) atoms. The van der Waals surface area contributed by atoms with Gasteiger partial charge in [-0.25, -0.2) is 12.8 Å². The summed E-state index contributed by atoms with van der Waals surface area (Å²) in [5.41, 5.74) is 1.13. The fourth-order valence-corrected chi connectivity index (χ4v) is 3.81. The molecule has 1 atom stereocenters. The van der Waals surface area contributed by atoms with Crippen molar-refractivity contribution in [1.82, 2.24) is 4.90 Å². The Hall–Kier alpha value is -0.980. The van der Waals surface area contributed by atoms with Gasteiger partial charge in [0, 0.05) is 13.1 Å². The molecule has 1 heterocycles. The van der Waals surface area contributed by atoms with E-state index < -0.39 is 15.9 Å². The molecular formula is C15H22FNO3S. The highest BCUT2D eigenvalue weighted by Crippen LogP contribution is 2.20. The van der Waals surface area contributed by atoms with Crippen molar-refractivity contribution in [3.8, 4) is 0 Å². The number of hydrogen-bond donors (Lipinski definition) is 1. The molecule has 0 amide bonds. The summed E-state index contributed by atoms with van der Waals surface area (Å²) in [5.74, 6) is 0.115. The van der Waals surface area contributed by atoms with E-state index in [0.717, 1.165) is 6.54 Å². The lowest BCUT2D eigenvalue weighted by molar-refractivity contribution is 0.144. The molecule has 118 valence electrons. The number of nitrogens with zero attached hydrogens (tertiary/aromatic N) is 1. The van der Waals surface area contributed by atoms with Gasteiger partial charge in [-0.3, -0.25) is 0 Å². The van der Waals surface area contributed by atoms with E-state index in [1.807, 2.05) is 0 Å². The summed E-state index contributed by atoms with van der Waals surface area (Å²) in [6.45, 7) is 3.54. The zero-order chi connectivity index (χ0) is 15.5. The van der Waals surface area contributed by atoms with Gasteiger partial charge in [-0.1, -0.05) is 12.1 Å². The van der Waals surface area contributed by atoms with Crippen LogP contribution in [0.15, 0.2) is 18.2 Å². The summed E-state index contributed by atoms with van der Waals surface area (Å²) >= 11 is 0. The summed E-state index contributed by atoms with van der Waals surface area (Å²) in [5, 5.41) is 10.1. The Labute approximate surface area is 125 Å². The fraction of sp³-hybridized carbons (Fsp3) is 0.600. The average Bonchev–Trinajstić information content (AvgIpc) is 2.60. The molecule has 0 aromatic heterocycles. The summed E-state index contributed by atoms with van der Waals surface area (Å²) in [7, 11) is -2.91. The lowest BCUT2D eigenvalue weighted by Gasteiger charge is -2.21. The molecule has 0 radical (unpaired) electrons. The van der Waals surface area contributed by atoms with Gasteiger partial charge in [0.25, 0.3) is 0 Å². The molecule has 2 rings (SSSR count). The molecule has 1 unspecified atom stereocenters. The van der Waals surface area contributed by atoms with Gasteiger partial charge in [0.1, 0.15) is 5.82 Å². The number of benzene rings is 1. The van der Waals surface area contributed by atoms with Gasteiger partial charge >= 0.3 is 0 Å². The van der Waals surface area contributed by atoms with Crippen molar-refractivity contribution in [3.05, 3.63) is 35.1 Å². The van der Waals surface area contributed by atoms with Crippen molar-refractivity contribution in [2.45, 2.75) is 25.9 Å². The Kier molecular flexibility index (Phi) is 5.35. The number of rotatable bonds is 4. The highest BCUT2D eigenvalue weighted by Gasteiger charge is 2.20. The Balaban J connectivity index is 1.88. The summed E-state index contributed by atoms with van der Waals surface area (Å²) in [6, 6.07) is 4.76. The van der Waals surface area contributed by atoms with Crippen LogP contribution >= 0.6 is 0 Å². The maximum Gasteiger partial charge on any atom is 0.151 e. The first-order valence-electron chi connectivity index (χ1n) is 7.24.